The Morgan fingerprint density at radius 1 is 1.06 bits per heavy atom. The molecule has 2 rings (SSSR count). The molecule has 2 heteroatoms. The Bertz CT molecular complexity index is 561. The SMILES string of the molecule is CNCc1ccc(C)c(-c2cccc(F)c2C)c1. The van der Waals surface area contributed by atoms with Crippen molar-refractivity contribution in [1.29, 1.82) is 0 Å². The smallest absolute Gasteiger partial charge is 0.126 e. The molecule has 0 aromatic heterocycles. The van der Waals surface area contributed by atoms with E-state index in [2.05, 4.69) is 30.4 Å². The summed E-state index contributed by atoms with van der Waals surface area (Å²) in [6.45, 7) is 4.71. The van der Waals surface area contributed by atoms with E-state index in [1.807, 2.05) is 20.0 Å². The lowest BCUT2D eigenvalue weighted by Crippen LogP contribution is -2.05. The van der Waals surface area contributed by atoms with Crippen molar-refractivity contribution in [3.63, 3.8) is 0 Å². The average molecular weight is 243 g/mol. The minimum Gasteiger partial charge on any atom is -0.316 e. The molecule has 18 heavy (non-hydrogen) atoms. The minimum atomic E-state index is -0.147. The zero-order valence-corrected chi connectivity index (χ0v) is 11.0. The van der Waals surface area contributed by atoms with E-state index in [4.69, 9.17) is 0 Å². The van der Waals surface area contributed by atoms with Crippen molar-refractivity contribution >= 4 is 0 Å². The Morgan fingerprint density at radius 2 is 1.83 bits per heavy atom. The lowest BCUT2D eigenvalue weighted by Gasteiger charge is -2.12. The molecule has 2 aromatic rings. The highest BCUT2D eigenvalue weighted by molar-refractivity contribution is 5.71. The van der Waals surface area contributed by atoms with Gasteiger partial charge in [0, 0.05) is 6.54 Å². The van der Waals surface area contributed by atoms with Crippen molar-refractivity contribution in [2.75, 3.05) is 7.05 Å². The van der Waals surface area contributed by atoms with E-state index >= 15 is 0 Å². The van der Waals surface area contributed by atoms with Crippen molar-refractivity contribution in [2.24, 2.45) is 0 Å². The summed E-state index contributed by atoms with van der Waals surface area (Å²) in [7, 11) is 1.92. The third kappa shape index (κ3) is 2.44. The quantitative estimate of drug-likeness (QED) is 0.864. The topological polar surface area (TPSA) is 12.0 Å². The van der Waals surface area contributed by atoms with Gasteiger partial charge in [-0.15, -0.1) is 0 Å². The lowest BCUT2D eigenvalue weighted by atomic mass is 9.94. The molecule has 0 radical (unpaired) electrons. The highest BCUT2D eigenvalue weighted by Gasteiger charge is 2.08. The Labute approximate surface area is 108 Å². The van der Waals surface area contributed by atoms with E-state index in [1.54, 1.807) is 6.07 Å². The Balaban J connectivity index is 2.55. The van der Waals surface area contributed by atoms with Crippen LogP contribution in [0.2, 0.25) is 0 Å². The standard InChI is InChI=1S/C16H18FN/c1-11-7-8-13(10-18-3)9-15(11)14-5-4-6-16(17)12(14)2/h4-9,18H,10H2,1-3H3. The molecule has 0 aliphatic heterocycles. The van der Waals surface area contributed by atoms with Crippen molar-refractivity contribution < 1.29 is 4.39 Å². The summed E-state index contributed by atoms with van der Waals surface area (Å²) in [6.07, 6.45) is 0. The molecule has 1 N–H and O–H groups in total. The van der Waals surface area contributed by atoms with Crippen LogP contribution in [-0.4, -0.2) is 7.05 Å². The fourth-order valence-corrected chi connectivity index (χ4v) is 2.17. The van der Waals surface area contributed by atoms with Crippen LogP contribution < -0.4 is 5.32 Å². The first-order valence-electron chi connectivity index (χ1n) is 6.13. The molecule has 0 aliphatic rings. The molecular weight excluding hydrogens is 225 g/mol. The zero-order chi connectivity index (χ0) is 13.1. The monoisotopic (exact) mass is 243 g/mol. The largest absolute Gasteiger partial charge is 0.316 e. The van der Waals surface area contributed by atoms with Gasteiger partial charge in [-0.1, -0.05) is 24.3 Å². The second-order valence-electron chi connectivity index (χ2n) is 4.59. The normalized spacial score (nSPS) is 10.7. The van der Waals surface area contributed by atoms with Crippen LogP contribution in [-0.2, 0) is 6.54 Å². The summed E-state index contributed by atoms with van der Waals surface area (Å²) >= 11 is 0. The van der Waals surface area contributed by atoms with Crippen LogP contribution in [0.25, 0.3) is 11.1 Å². The minimum absolute atomic E-state index is 0.147. The molecule has 0 amide bonds. The summed E-state index contributed by atoms with van der Waals surface area (Å²) < 4.78 is 13.6. The lowest BCUT2D eigenvalue weighted by molar-refractivity contribution is 0.619. The summed E-state index contributed by atoms with van der Waals surface area (Å²) in [6, 6.07) is 11.6. The van der Waals surface area contributed by atoms with Crippen LogP contribution in [0.15, 0.2) is 36.4 Å². The number of aryl methyl sites for hydroxylation is 1. The molecule has 1 nitrogen and oxygen atoms in total. The van der Waals surface area contributed by atoms with Gasteiger partial charge >= 0.3 is 0 Å². The molecule has 2 aromatic carbocycles. The van der Waals surface area contributed by atoms with Gasteiger partial charge in [-0.3, -0.25) is 0 Å². The molecule has 0 spiro atoms. The first-order valence-corrected chi connectivity index (χ1v) is 6.13. The maximum Gasteiger partial charge on any atom is 0.126 e. The van der Waals surface area contributed by atoms with E-state index in [-0.39, 0.29) is 5.82 Å². The Kier molecular flexibility index (Phi) is 3.78. The highest BCUT2D eigenvalue weighted by atomic mass is 19.1. The van der Waals surface area contributed by atoms with E-state index in [0.717, 1.165) is 17.7 Å². The van der Waals surface area contributed by atoms with Gasteiger partial charge in [0.1, 0.15) is 5.82 Å². The summed E-state index contributed by atoms with van der Waals surface area (Å²) in [5.41, 5.74) is 5.18. The van der Waals surface area contributed by atoms with Crippen LogP contribution in [0.5, 0.6) is 0 Å². The molecule has 0 aliphatic carbocycles. The van der Waals surface area contributed by atoms with Crippen LogP contribution >= 0.6 is 0 Å². The molecule has 0 unspecified atom stereocenters. The van der Waals surface area contributed by atoms with Gasteiger partial charge in [0.05, 0.1) is 0 Å². The summed E-state index contributed by atoms with van der Waals surface area (Å²) in [4.78, 5) is 0. The molecule has 0 atom stereocenters. The van der Waals surface area contributed by atoms with Crippen molar-refractivity contribution in [3.8, 4) is 11.1 Å². The number of benzene rings is 2. The molecule has 0 bridgehead atoms. The van der Waals surface area contributed by atoms with Crippen LogP contribution in [0.3, 0.4) is 0 Å². The van der Waals surface area contributed by atoms with Crippen LogP contribution in [0.1, 0.15) is 16.7 Å². The highest BCUT2D eigenvalue weighted by Crippen LogP contribution is 2.28. The molecule has 0 fully saturated rings. The van der Waals surface area contributed by atoms with Gasteiger partial charge in [-0.05, 0) is 60.8 Å². The molecule has 94 valence electrons. The number of hydrogen-bond donors (Lipinski definition) is 1. The summed E-state index contributed by atoms with van der Waals surface area (Å²) in [5.74, 6) is -0.147. The van der Waals surface area contributed by atoms with E-state index in [9.17, 15) is 4.39 Å². The zero-order valence-electron chi connectivity index (χ0n) is 11.0. The average Bonchev–Trinajstić information content (AvgIpc) is 2.36. The van der Waals surface area contributed by atoms with Crippen molar-refractivity contribution in [2.45, 2.75) is 20.4 Å². The summed E-state index contributed by atoms with van der Waals surface area (Å²) in [5, 5.41) is 3.13. The first-order chi connectivity index (χ1) is 8.63. The third-order valence-electron chi connectivity index (χ3n) is 3.24. The van der Waals surface area contributed by atoms with E-state index < -0.39 is 0 Å². The number of hydrogen-bond acceptors (Lipinski definition) is 1. The van der Waals surface area contributed by atoms with Gasteiger partial charge in [0.15, 0.2) is 0 Å². The maximum atomic E-state index is 13.6. The molecular formula is C16H18FN. The fourth-order valence-electron chi connectivity index (χ4n) is 2.17. The number of rotatable bonds is 3. The van der Waals surface area contributed by atoms with Gasteiger partial charge < -0.3 is 5.32 Å². The predicted molar refractivity (Wildman–Crippen MR) is 74.1 cm³/mol. The van der Waals surface area contributed by atoms with Gasteiger partial charge in [0.2, 0.25) is 0 Å². The van der Waals surface area contributed by atoms with Gasteiger partial charge in [0.25, 0.3) is 0 Å². The third-order valence-corrected chi connectivity index (χ3v) is 3.24. The molecule has 0 saturated carbocycles. The first kappa shape index (κ1) is 12.8. The van der Waals surface area contributed by atoms with E-state index in [0.29, 0.717) is 5.56 Å². The number of nitrogens with one attached hydrogen (secondary N) is 1. The van der Waals surface area contributed by atoms with Crippen LogP contribution in [0, 0.1) is 19.7 Å². The second-order valence-corrected chi connectivity index (χ2v) is 4.59. The maximum absolute atomic E-state index is 13.6. The molecule has 0 saturated heterocycles. The number of halogens is 1. The van der Waals surface area contributed by atoms with Gasteiger partial charge in [-0.25, -0.2) is 4.39 Å². The van der Waals surface area contributed by atoms with Crippen LogP contribution in [0.4, 0.5) is 4.39 Å². The second kappa shape index (κ2) is 5.32. The fraction of sp³-hybridized carbons (Fsp3) is 0.250. The molecule has 0 heterocycles. The van der Waals surface area contributed by atoms with Crippen molar-refractivity contribution in [3.05, 3.63) is 58.9 Å². The predicted octanol–water partition coefficient (Wildman–Crippen LogP) is 3.83. The van der Waals surface area contributed by atoms with E-state index in [1.165, 1.54) is 17.2 Å². The Hall–Kier alpha value is -1.67. The van der Waals surface area contributed by atoms with Gasteiger partial charge in [-0.2, -0.15) is 0 Å². The Morgan fingerprint density at radius 3 is 2.56 bits per heavy atom. The van der Waals surface area contributed by atoms with Crippen molar-refractivity contribution in [1.82, 2.24) is 5.32 Å².